The number of unbranched alkanes of at least 4 members (excludes halogenated alkanes) is 2. The molecule has 0 atom stereocenters. The van der Waals surface area contributed by atoms with Crippen LogP contribution < -0.4 is 9.47 Å². The summed E-state index contributed by atoms with van der Waals surface area (Å²) in [6, 6.07) is 5.62. The molecule has 0 aliphatic rings. The maximum absolute atomic E-state index is 11.3. The number of rotatable bonds is 12. The van der Waals surface area contributed by atoms with Gasteiger partial charge < -0.3 is 14.6 Å². The van der Waals surface area contributed by atoms with Gasteiger partial charge in [0.2, 0.25) is 0 Å². The van der Waals surface area contributed by atoms with E-state index in [1.165, 1.54) is 0 Å². The lowest BCUT2D eigenvalue weighted by Gasteiger charge is -2.13. The van der Waals surface area contributed by atoms with Crippen molar-refractivity contribution in [2.75, 3.05) is 13.2 Å². The summed E-state index contributed by atoms with van der Waals surface area (Å²) in [5.74, 6) is 0.542. The Morgan fingerprint density at radius 2 is 1.75 bits per heavy atom. The first kappa shape index (κ1) is 20.1. The van der Waals surface area contributed by atoms with E-state index < -0.39 is 5.97 Å². The molecule has 0 radical (unpaired) electrons. The van der Waals surface area contributed by atoms with Crippen LogP contribution in [-0.2, 0) is 4.79 Å². The second-order valence-corrected chi connectivity index (χ2v) is 5.83. The van der Waals surface area contributed by atoms with Crippen molar-refractivity contribution in [2.45, 2.75) is 59.3 Å². The minimum absolute atomic E-state index is 0.413. The average molecular weight is 334 g/mol. The third-order valence-electron chi connectivity index (χ3n) is 3.57. The number of carbonyl (C=O) groups is 1. The number of ether oxygens (including phenoxy) is 2. The van der Waals surface area contributed by atoms with Gasteiger partial charge in [-0.2, -0.15) is 0 Å². The second-order valence-electron chi connectivity index (χ2n) is 5.83. The quantitative estimate of drug-likeness (QED) is 0.415. The fourth-order valence-electron chi connectivity index (χ4n) is 2.30. The Balaban J connectivity index is 2.95. The van der Waals surface area contributed by atoms with Crippen LogP contribution in [0, 0.1) is 0 Å². The van der Waals surface area contributed by atoms with Gasteiger partial charge in [0.1, 0.15) is 0 Å². The first-order valence-electron chi connectivity index (χ1n) is 8.95. The van der Waals surface area contributed by atoms with Crippen LogP contribution in [-0.4, -0.2) is 24.3 Å². The molecule has 1 rings (SSSR count). The number of benzene rings is 1. The Labute approximate surface area is 145 Å². The molecule has 0 spiro atoms. The van der Waals surface area contributed by atoms with Gasteiger partial charge in [-0.3, -0.25) is 0 Å². The van der Waals surface area contributed by atoms with E-state index in [1.807, 2.05) is 25.1 Å². The van der Waals surface area contributed by atoms with E-state index in [0.29, 0.717) is 31.0 Å². The smallest absolute Gasteiger partial charge is 0.331 e. The summed E-state index contributed by atoms with van der Waals surface area (Å²) >= 11 is 0. The molecule has 0 aliphatic heterocycles. The second kappa shape index (κ2) is 11.5. The normalized spacial score (nSPS) is 11.4. The molecule has 1 N–H and O–H groups in total. The average Bonchev–Trinajstić information content (AvgIpc) is 2.57. The fraction of sp³-hybridized carbons (Fsp3) is 0.550. The highest BCUT2D eigenvalue weighted by atomic mass is 16.5. The molecular weight excluding hydrogens is 304 g/mol. The van der Waals surface area contributed by atoms with Crippen molar-refractivity contribution in [3.8, 4) is 11.5 Å². The lowest BCUT2D eigenvalue weighted by atomic mass is 10.1. The maximum Gasteiger partial charge on any atom is 0.331 e. The molecule has 1 aromatic rings. The van der Waals surface area contributed by atoms with Gasteiger partial charge in [-0.25, -0.2) is 4.79 Å². The Kier molecular flexibility index (Phi) is 9.66. The van der Waals surface area contributed by atoms with Crippen LogP contribution >= 0.6 is 0 Å². The largest absolute Gasteiger partial charge is 0.490 e. The highest BCUT2D eigenvalue weighted by Gasteiger charge is 2.09. The van der Waals surface area contributed by atoms with E-state index >= 15 is 0 Å². The molecule has 0 amide bonds. The first-order chi connectivity index (χ1) is 11.6. The summed E-state index contributed by atoms with van der Waals surface area (Å²) in [5, 5.41) is 9.27. The molecular formula is C20H30O4. The zero-order valence-corrected chi connectivity index (χ0v) is 15.1. The number of hydrogen-bond donors (Lipinski definition) is 1. The zero-order chi connectivity index (χ0) is 17.8. The molecule has 1 aromatic carbocycles. The zero-order valence-electron chi connectivity index (χ0n) is 15.1. The minimum Gasteiger partial charge on any atom is -0.490 e. The van der Waals surface area contributed by atoms with Gasteiger partial charge in [-0.15, -0.1) is 0 Å². The van der Waals surface area contributed by atoms with E-state index in [9.17, 15) is 9.90 Å². The highest BCUT2D eigenvalue weighted by molar-refractivity contribution is 5.92. The van der Waals surface area contributed by atoms with Crippen molar-refractivity contribution in [3.63, 3.8) is 0 Å². The van der Waals surface area contributed by atoms with Gasteiger partial charge in [-0.05, 0) is 43.0 Å². The topological polar surface area (TPSA) is 55.8 Å². The van der Waals surface area contributed by atoms with Crippen LogP contribution in [0.3, 0.4) is 0 Å². The summed E-state index contributed by atoms with van der Waals surface area (Å²) in [6.07, 6.45) is 7.29. The molecule has 0 heterocycles. The third-order valence-corrected chi connectivity index (χ3v) is 3.57. The summed E-state index contributed by atoms with van der Waals surface area (Å²) in [5.41, 5.74) is 1.24. The van der Waals surface area contributed by atoms with Crippen molar-refractivity contribution >= 4 is 12.0 Å². The molecule has 4 heteroatoms. The lowest BCUT2D eigenvalue weighted by molar-refractivity contribution is -0.132. The molecule has 4 nitrogen and oxygen atoms in total. The molecule has 0 aliphatic carbocycles. The van der Waals surface area contributed by atoms with E-state index in [1.54, 1.807) is 6.08 Å². The predicted octanol–water partition coefficient (Wildman–Crippen LogP) is 5.31. The van der Waals surface area contributed by atoms with Gasteiger partial charge in [0.15, 0.2) is 11.5 Å². The summed E-state index contributed by atoms with van der Waals surface area (Å²) < 4.78 is 11.6. The van der Waals surface area contributed by atoms with Crippen LogP contribution in [0.4, 0.5) is 0 Å². The molecule has 0 bridgehead atoms. The Hall–Kier alpha value is -1.97. The number of hydrogen-bond acceptors (Lipinski definition) is 3. The van der Waals surface area contributed by atoms with E-state index in [-0.39, 0.29) is 0 Å². The highest BCUT2D eigenvalue weighted by Crippen LogP contribution is 2.30. The van der Waals surface area contributed by atoms with E-state index in [0.717, 1.165) is 43.4 Å². The Morgan fingerprint density at radius 3 is 2.38 bits per heavy atom. The molecule has 0 aromatic heterocycles. The van der Waals surface area contributed by atoms with Crippen molar-refractivity contribution in [1.82, 2.24) is 0 Å². The Morgan fingerprint density at radius 1 is 1.00 bits per heavy atom. The molecule has 134 valence electrons. The van der Waals surface area contributed by atoms with Gasteiger partial charge in [-0.1, -0.05) is 46.1 Å². The van der Waals surface area contributed by atoms with Crippen LogP contribution in [0.25, 0.3) is 6.08 Å². The van der Waals surface area contributed by atoms with Gasteiger partial charge >= 0.3 is 5.97 Å². The first-order valence-corrected chi connectivity index (χ1v) is 8.95. The van der Waals surface area contributed by atoms with Crippen molar-refractivity contribution in [1.29, 1.82) is 0 Å². The SMILES string of the molecule is CCCCCOc1ccc(/C=C(\CCC)C(=O)O)cc1OCCC. The molecule has 0 saturated carbocycles. The monoisotopic (exact) mass is 334 g/mol. The summed E-state index contributed by atoms with van der Waals surface area (Å²) in [4.78, 5) is 11.3. The third kappa shape index (κ3) is 7.07. The van der Waals surface area contributed by atoms with Gasteiger partial charge in [0.05, 0.1) is 13.2 Å². The number of carboxylic acids is 1. The maximum atomic E-state index is 11.3. The minimum atomic E-state index is -0.868. The Bertz CT molecular complexity index is 534. The van der Waals surface area contributed by atoms with Crippen LogP contribution in [0.2, 0.25) is 0 Å². The molecule has 0 saturated heterocycles. The van der Waals surface area contributed by atoms with Crippen LogP contribution in [0.1, 0.15) is 64.9 Å². The lowest BCUT2D eigenvalue weighted by Crippen LogP contribution is -2.03. The van der Waals surface area contributed by atoms with E-state index in [4.69, 9.17) is 9.47 Å². The summed E-state index contributed by atoms with van der Waals surface area (Å²) in [6.45, 7) is 7.46. The van der Waals surface area contributed by atoms with Crippen molar-refractivity contribution < 1.29 is 19.4 Å². The molecule has 24 heavy (non-hydrogen) atoms. The number of aliphatic carboxylic acids is 1. The van der Waals surface area contributed by atoms with Crippen LogP contribution in [0.15, 0.2) is 23.8 Å². The van der Waals surface area contributed by atoms with Crippen molar-refractivity contribution in [2.24, 2.45) is 0 Å². The molecule has 0 unspecified atom stereocenters. The van der Waals surface area contributed by atoms with Crippen molar-refractivity contribution in [3.05, 3.63) is 29.3 Å². The summed E-state index contributed by atoms with van der Waals surface area (Å²) in [7, 11) is 0. The van der Waals surface area contributed by atoms with Crippen LogP contribution in [0.5, 0.6) is 11.5 Å². The van der Waals surface area contributed by atoms with Gasteiger partial charge in [0.25, 0.3) is 0 Å². The number of carboxylic acid groups (broad SMARTS) is 1. The van der Waals surface area contributed by atoms with Gasteiger partial charge in [0, 0.05) is 5.57 Å². The molecule has 0 fully saturated rings. The fourth-order valence-corrected chi connectivity index (χ4v) is 2.30. The standard InChI is InChI=1S/C20H30O4/c1-4-7-8-13-24-18-11-10-16(15-19(18)23-12-6-3)14-17(9-5-2)20(21)22/h10-11,14-15H,4-9,12-13H2,1-3H3,(H,21,22)/b17-14+. The predicted molar refractivity (Wildman–Crippen MR) is 97.8 cm³/mol. The van der Waals surface area contributed by atoms with E-state index in [2.05, 4.69) is 13.8 Å².